The molecule has 118 valence electrons. The van der Waals surface area contributed by atoms with Gasteiger partial charge in [0, 0.05) is 31.9 Å². The molecular formula is C15H22F3N3. The van der Waals surface area contributed by atoms with Crippen molar-refractivity contribution in [3.63, 3.8) is 0 Å². The van der Waals surface area contributed by atoms with Gasteiger partial charge in [0.05, 0.1) is 6.54 Å². The van der Waals surface area contributed by atoms with Crippen LogP contribution in [0.25, 0.3) is 0 Å². The van der Waals surface area contributed by atoms with Crippen molar-refractivity contribution in [3.8, 4) is 0 Å². The molecule has 1 aromatic rings. The molecule has 0 atom stereocenters. The van der Waals surface area contributed by atoms with Gasteiger partial charge >= 0.3 is 6.18 Å². The topological polar surface area (TPSA) is 32.5 Å². The number of rotatable bonds is 5. The fraction of sp³-hybridized carbons (Fsp3) is 0.600. The predicted octanol–water partition coefficient (Wildman–Crippen LogP) is 2.38. The highest BCUT2D eigenvalue weighted by molar-refractivity contribution is 5.46. The molecule has 1 aliphatic heterocycles. The predicted molar refractivity (Wildman–Crippen MR) is 78.1 cm³/mol. The summed E-state index contributed by atoms with van der Waals surface area (Å²) < 4.78 is 36.9. The quantitative estimate of drug-likeness (QED) is 0.848. The fourth-order valence-corrected chi connectivity index (χ4v) is 2.68. The first-order valence-electron chi connectivity index (χ1n) is 7.29. The zero-order valence-corrected chi connectivity index (χ0v) is 12.1. The van der Waals surface area contributed by atoms with E-state index in [0.717, 1.165) is 30.6 Å². The minimum absolute atomic E-state index is 0.493. The summed E-state index contributed by atoms with van der Waals surface area (Å²) in [5, 5.41) is 0. The monoisotopic (exact) mass is 301 g/mol. The van der Waals surface area contributed by atoms with E-state index in [-0.39, 0.29) is 0 Å². The van der Waals surface area contributed by atoms with E-state index in [1.165, 1.54) is 4.90 Å². The Hall–Kier alpha value is -1.27. The molecule has 0 unspecified atom stereocenters. The number of hydrogen-bond acceptors (Lipinski definition) is 3. The highest BCUT2D eigenvalue weighted by Gasteiger charge is 2.31. The van der Waals surface area contributed by atoms with Crippen LogP contribution in [0.2, 0.25) is 0 Å². The number of nitrogens with two attached hydrogens (primary N) is 1. The number of alkyl halides is 3. The standard InChI is InChI=1S/C15H22F3N3/c16-15(17,18)12-21-10-8-20(9-11-21)7-3-5-13-4-1-2-6-14(13)19/h1-2,4,6H,3,5,7-12,19H2. The Kier molecular flexibility index (Phi) is 5.47. The third kappa shape index (κ3) is 5.55. The van der Waals surface area contributed by atoms with Gasteiger partial charge < -0.3 is 10.6 Å². The Labute approximate surface area is 123 Å². The van der Waals surface area contributed by atoms with Crippen LogP contribution in [0, 0.1) is 0 Å². The van der Waals surface area contributed by atoms with Crippen molar-refractivity contribution in [3.05, 3.63) is 29.8 Å². The Bertz CT molecular complexity index is 440. The molecule has 1 fully saturated rings. The summed E-state index contributed by atoms with van der Waals surface area (Å²) in [6.45, 7) is 2.52. The van der Waals surface area contributed by atoms with Gasteiger partial charge in [-0.15, -0.1) is 0 Å². The van der Waals surface area contributed by atoms with E-state index in [1.807, 2.05) is 24.3 Å². The minimum atomic E-state index is -4.09. The number of nitrogen functional groups attached to an aromatic ring is 1. The van der Waals surface area contributed by atoms with Gasteiger partial charge in [0.15, 0.2) is 0 Å². The molecule has 3 nitrogen and oxygen atoms in total. The molecule has 0 bridgehead atoms. The van der Waals surface area contributed by atoms with Crippen LogP contribution in [-0.2, 0) is 6.42 Å². The summed E-state index contributed by atoms with van der Waals surface area (Å²) in [4.78, 5) is 3.71. The van der Waals surface area contributed by atoms with Crippen molar-refractivity contribution in [1.82, 2.24) is 9.80 Å². The van der Waals surface area contributed by atoms with Gasteiger partial charge in [-0.2, -0.15) is 13.2 Å². The van der Waals surface area contributed by atoms with Gasteiger partial charge in [-0.05, 0) is 31.0 Å². The van der Waals surface area contributed by atoms with Crippen LogP contribution >= 0.6 is 0 Å². The molecule has 0 aromatic heterocycles. The van der Waals surface area contributed by atoms with Crippen molar-refractivity contribution in [2.75, 3.05) is 45.0 Å². The number of para-hydroxylation sites is 1. The first kappa shape index (κ1) is 16.1. The highest BCUT2D eigenvalue weighted by atomic mass is 19.4. The lowest BCUT2D eigenvalue weighted by molar-refractivity contribution is -0.149. The number of halogens is 3. The lowest BCUT2D eigenvalue weighted by atomic mass is 10.1. The smallest absolute Gasteiger partial charge is 0.399 e. The van der Waals surface area contributed by atoms with Crippen LogP contribution < -0.4 is 5.73 Å². The number of nitrogens with zero attached hydrogens (tertiary/aromatic N) is 2. The summed E-state index contributed by atoms with van der Waals surface area (Å²) in [7, 11) is 0. The van der Waals surface area contributed by atoms with Crippen molar-refractivity contribution < 1.29 is 13.2 Å². The van der Waals surface area contributed by atoms with Crippen LogP contribution in [0.4, 0.5) is 18.9 Å². The van der Waals surface area contributed by atoms with Crippen LogP contribution in [0.1, 0.15) is 12.0 Å². The number of anilines is 1. The molecule has 0 spiro atoms. The number of aryl methyl sites for hydroxylation is 1. The summed E-state index contributed by atoms with van der Waals surface area (Å²) >= 11 is 0. The molecule has 2 N–H and O–H groups in total. The van der Waals surface area contributed by atoms with Crippen LogP contribution in [0.3, 0.4) is 0 Å². The van der Waals surface area contributed by atoms with Gasteiger partial charge in [-0.1, -0.05) is 18.2 Å². The molecule has 1 aliphatic rings. The van der Waals surface area contributed by atoms with Crippen LogP contribution in [0.5, 0.6) is 0 Å². The van der Waals surface area contributed by atoms with E-state index >= 15 is 0 Å². The van der Waals surface area contributed by atoms with Crippen molar-refractivity contribution >= 4 is 5.69 Å². The van der Waals surface area contributed by atoms with Crippen molar-refractivity contribution in [2.24, 2.45) is 0 Å². The van der Waals surface area contributed by atoms with E-state index in [2.05, 4.69) is 4.90 Å². The summed E-state index contributed by atoms with van der Waals surface area (Å²) in [5.74, 6) is 0. The second kappa shape index (κ2) is 7.13. The molecule has 1 aromatic carbocycles. The van der Waals surface area contributed by atoms with Gasteiger partial charge in [0.2, 0.25) is 0 Å². The van der Waals surface area contributed by atoms with Gasteiger partial charge in [0.25, 0.3) is 0 Å². The Balaban J connectivity index is 1.66. The van der Waals surface area contributed by atoms with Gasteiger partial charge in [-0.3, -0.25) is 4.90 Å². The average Bonchev–Trinajstić information content (AvgIpc) is 2.41. The Morgan fingerprint density at radius 1 is 1.00 bits per heavy atom. The first-order chi connectivity index (χ1) is 9.94. The number of benzene rings is 1. The first-order valence-corrected chi connectivity index (χ1v) is 7.29. The van der Waals surface area contributed by atoms with Gasteiger partial charge in [0.1, 0.15) is 0 Å². The van der Waals surface area contributed by atoms with E-state index in [1.54, 1.807) is 0 Å². The van der Waals surface area contributed by atoms with E-state index < -0.39 is 12.7 Å². The lowest BCUT2D eigenvalue weighted by Crippen LogP contribution is -2.49. The summed E-state index contributed by atoms with van der Waals surface area (Å²) in [6, 6.07) is 7.81. The lowest BCUT2D eigenvalue weighted by Gasteiger charge is -2.35. The molecule has 0 saturated carbocycles. The molecule has 2 rings (SSSR count). The molecular weight excluding hydrogens is 279 g/mol. The van der Waals surface area contributed by atoms with Crippen molar-refractivity contribution in [2.45, 2.75) is 19.0 Å². The maximum atomic E-state index is 12.3. The maximum absolute atomic E-state index is 12.3. The molecule has 6 heteroatoms. The second-order valence-corrected chi connectivity index (χ2v) is 5.54. The summed E-state index contributed by atoms with van der Waals surface area (Å²) in [5.41, 5.74) is 7.85. The van der Waals surface area contributed by atoms with Crippen molar-refractivity contribution in [1.29, 1.82) is 0 Å². The molecule has 0 radical (unpaired) electrons. The van der Waals surface area contributed by atoms with E-state index in [0.29, 0.717) is 26.2 Å². The normalized spacial score (nSPS) is 18.0. The van der Waals surface area contributed by atoms with Crippen LogP contribution in [-0.4, -0.2) is 55.2 Å². The zero-order chi connectivity index (χ0) is 15.3. The third-order valence-electron chi connectivity index (χ3n) is 3.84. The number of hydrogen-bond donors (Lipinski definition) is 1. The highest BCUT2D eigenvalue weighted by Crippen LogP contribution is 2.18. The Morgan fingerprint density at radius 2 is 1.62 bits per heavy atom. The van der Waals surface area contributed by atoms with E-state index in [4.69, 9.17) is 5.73 Å². The van der Waals surface area contributed by atoms with Gasteiger partial charge in [-0.25, -0.2) is 0 Å². The average molecular weight is 301 g/mol. The molecule has 1 heterocycles. The van der Waals surface area contributed by atoms with E-state index in [9.17, 15) is 13.2 Å². The summed E-state index contributed by atoms with van der Waals surface area (Å²) in [6.07, 6.45) is -2.20. The second-order valence-electron chi connectivity index (χ2n) is 5.54. The molecule has 1 saturated heterocycles. The fourth-order valence-electron chi connectivity index (χ4n) is 2.68. The number of piperazine rings is 1. The largest absolute Gasteiger partial charge is 0.401 e. The van der Waals surface area contributed by atoms with Crippen LogP contribution in [0.15, 0.2) is 24.3 Å². The zero-order valence-electron chi connectivity index (χ0n) is 12.1. The Morgan fingerprint density at radius 3 is 2.24 bits per heavy atom. The third-order valence-corrected chi connectivity index (χ3v) is 3.84. The molecule has 0 amide bonds. The minimum Gasteiger partial charge on any atom is -0.399 e. The molecule has 0 aliphatic carbocycles. The SMILES string of the molecule is Nc1ccccc1CCCN1CCN(CC(F)(F)F)CC1. The maximum Gasteiger partial charge on any atom is 0.401 e. The molecule has 21 heavy (non-hydrogen) atoms.